The van der Waals surface area contributed by atoms with E-state index in [0.717, 1.165) is 29.8 Å². The number of benzene rings is 2. The molecule has 0 aliphatic carbocycles. The minimum absolute atomic E-state index is 0.148. The van der Waals surface area contributed by atoms with Crippen LogP contribution in [0.25, 0.3) is 11.0 Å². The van der Waals surface area contributed by atoms with E-state index in [4.69, 9.17) is 9.72 Å². The molecule has 3 aromatic rings. The first-order chi connectivity index (χ1) is 16.2. The Balaban J connectivity index is 1.52. The summed E-state index contributed by atoms with van der Waals surface area (Å²) in [7, 11) is 1.58. The molecular weight excluding hydrogens is 410 g/mol. The largest absolute Gasteiger partial charge is 0.496 e. The number of aromatic nitrogens is 2. The highest BCUT2D eigenvalue weighted by Crippen LogP contribution is 2.20. The molecule has 3 rings (SSSR count). The molecule has 0 spiro atoms. The zero-order valence-corrected chi connectivity index (χ0v) is 20.3. The van der Waals surface area contributed by atoms with Crippen molar-refractivity contribution in [2.45, 2.75) is 84.2 Å². The van der Waals surface area contributed by atoms with Crippen LogP contribution in [0, 0.1) is 0 Å². The Bertz CT molecular complexity index is 996. The van der Waals surface area contributed by atoms with Crippen molar-refractivity contribution in [2.75, 3.05) is 7.11 Å². The van der Waals surface area contributed by atoms with Crippen molar-refractivity contribution in [3.63, 3.8) is 0 Å². The fourth-order valence-electron chi connectivity index (χ4n) is 4.35. The Hall–Kier alpha value is -2.82. The molecule has 1 amide bonds. The average Bonchev–Trinajstić information content (AvgIpc) is 3.21. The Morgan fingerprint density at radius 2 is 1.52 bits per heavy atom. The summed E-state index contributed by atoms with van der Waals surface area (Å²) in [4.78, 5) is 17.5. The van der Waals surface area contributed by atoms with E-state index in [-0.39, 0.29) is 5.91 Å². The maximum absolute atomic E-state index is 12.7. The first-order valence-electron chi connectivity index (χ1n) is 12.6. The molecule has 0 aliphatic heterocycles. The lowest BCUT2D eigenvalue weighted by Crippen LogP contribution is -2.25. The summed E-state index contributed by atoms with van der Waals surface area (Å²) in [5.74, 6) is 1.33. The minimum Gasteiger partial charge on any atom is -0.496 e. The normalized spacial score (nSPS) is 11.1. The molecule has 1 heterocycles. The van der Waals surface area contributed by atoms with E-state index in [9.17, 15) is 4.79 Å². The van der Waals surface area contributed by atoms with Crippen molar-refractivity contribution in [3.05, 3.63) is 59.9 Å². The quantitative estimate of drug-likeness (QED) is 0.257. The fourth-order valence-corrected chi connectivity index (χ4v) is 4.35. The van der Waals surface area contributed by atoms with Gasteiger partial charge in [-0.05, 0) is 30.7 Å². The first-order valence-corrected chi connectivity index (χ1v) is 12.6. The molecule has 0 radical (unpaired) electrons. The van der Waals surface area contributed by atoms with Crippen LogP contribution in [0.15, 0.2) is 48.5 Å². The number of ether oxygens (including phenoxy) is 1. The third-order valence-corrected chi connectivity index (χ3v) is 6.23. The highest BCUT2D eigenvalue weighted by Gasteiger charge is 2.14. The molecule has 0 saturated heterocycles. The van der Waals surface area contributed by atoms with Gasteiger partial charge >= 0.3 is 0 Å². The minimum atomic E-state index is -0.148. The molecule has 178 valence electrons. The van der Waals surface area contributed by atoms with Gasteiger partial charge in [0.25, 0.3) is 5.91 Å². The molecule has 0 bridgehead atoms. The molecule has 0 fully saturated rings. The molecule has 0 aliphatic rings. The molecule has 1 N–H and O–H groups in total. The van der Waals surface area contributed by atoms with Crippen molar-refractivity contribution >= 4 is 16.9 Å². The smallest absolute Gasteiger partial charge is 0.255 e. The third kappa shape index (κ3) is 7.34. The van der Waals surface area contributed by atoms with Crippen molar-refractivity contribution in [3.8, 4) is 5.75 Å². The summed E-state index contributed by atoms with van der Waals surface area (Å²) >= 11 is 0. The average molecular weight is 450 g/mol. The summed E-state index contributed by atoms with van der Waals surface area (Å²) in [6.07, 6.45) is 13.2. The number of carbonyl (C=O) groups is 1. The van der Waals surface area contributed by atoms with Gasteiger partial charge in [0.05, 0.1) is 30.3 Å². The van der Waals surface area contributed by atoms with Crippen LogP contribution in [-0.2, 0) is 13.1 Å². The maximum atomic E-state index is 12.7. The second kappa shape index (κ2) is 13.7. The molecule has 1 aromatic heterocycles. The lowest BCUT2D eigenvalue weighted by atomic mass is 10.1. The highest BCUT2D eigenvalue weighted by molar-refractivity contribution is 5.96. The van der Waals surface area contributed by atoms with Crippen LogP contribution < -0.4 is 10.1 Å². The zero-order chi connectivity index (χ0) is 23.3. The Labute approximate surface area is 198 Å². The topological polar surface area (TPSA) is 56.2 Å². The molecule has 33 heavy (non-hydrogen) atoms. The summed E-state index contributed by atoms with van der Waals surface area (Å²) in [5, 5.41) is 3.03. The van der Waals surface area contributed by atoms with Crippen molar-refractivity contribution in [1.29, 1.82) is 0 Å². The zero-order valence-electron chi connectivity index (χ0n) is 20.3. The number of imidazole rings is 1. The number of nitrogens with zero attached hydrogens (tertiary/aromatic N) is 2. The Morgan fingerprint density at radius 1 is 0.879 bits per heavy atom. The molecular formula is C28H39N3O2. The summed E-state index contributed by atoms with van der Waals surface area (Å²) in [6, 6.07) is 15.5. The predicted molar refractivity (Wildman–Crippen MR) is 136 cm³/mol. The molecule has 0 saturated carbocycles. The maximum Gasteiger partial charge on any atom is 0.255 e. The van der Waals surface area contributed by atoms with Crippen LogP contribution in [0.4, 0.5) is 0 Å². The van der Waals surface area contributed by atoms with Gasteiger partial charge in [-0.2, -0.15) is 0 Å². The van der Waals surface area contributed by atoms with Crippen molar-refractivity contribution in [2.24, 2.45) is 0 Å². The molecule has 2 aromatic carbocycles. The predicted octanol–water partition coefficient (Wildman–Crippen LogP) is 6.90. The molecule has 0 atom stereocenters. The van der Waals surface area contributed by atoms with Gasteiger partial charge in [-0.15, -0.1) is 0 Å². The van der Waals surface area contributed by atoms with Crippen LogP contribution in [0.3, 0.4) is 0 Å². The van der Waals surface area contributed by atoms with Gasteiger partial charge < -0.3 is 14.6 Å². The number of hydrogen-bond acceptors (Lipinski definition) is 3. The number of nitrogens with one attached hydrogen (secondary N) is 1. The monoisotopic (exact) mass is 449 g/mol. The lowest BCUT2D eigenvalue weighted by molar-refractivity contribution is 0.0946. The lowest BCUT2D eigenvalue weighted by Gasteiger charge is -2.12. The van der Waals surface area contributed by atoms with E-state index in [2.05, 4.69) is 28.9 Å². The summed E-state index contributed by atoms with van der Waals surface area (Å²) in [6.45, 7) is 3.59. The van der Waals surface area contributed by atoms with Gasteiger partial charge in [-0.3, -0.25) is 4.79 Å². The van der Waals surface area contributed by atoms with Gasteiger partial charge in [-0.25, -0.2) is 4.98 Å². The third-order valence-electron chi connectivity index (χ3n) is 6.23. The number of carbonyl (C=O) groups excluding carboxylic acids is 1. The van der Waals surface area contributed by atoms with E-state index >= 15 is 0 Å². The van der Waals surface area contributed by atoms with Gasteiger partial charge in [0.15, 0.2) is 0 Å². The van der Waals surface area contributed by atoms with Gasteiger partial charge in [0, 0.05) is 6.54 Å². The Morgan fingerprint density at radius 3 is 2.24 bits per heavy atom. The van der Waals surface area contributed by atoms with Crippen LogP contribution in [0.1, 0.15) is 87.3 Å². The SMILES string of the molecule is CCCCCCCCCCCCn1c(CNC(=O)c2ccccc2OC)nc2ccccc21. The van der Waals surface area contributed by atoms with Gasteiger partial charge in [-0.1, -0.05) is 89.0 Å². The first kappa shape index (κ1) is 24.8. The van der Waals surface area contributed by atoms with Crippen LogP contribution in [0.5, 0.6) is 5.75 Å². The molecule has 5 heteroatoms. The van der Waals surface area contributed by atoms with Crippen LogP contribution in [0.2, 0.25) is 0 Å². The number of unbranched alkanes of at least 4 members (excludes halogenated alkanes) is 9. The number of fused-ring (bicyclic) bond motifs is 1. The van der Waals surface area contributed by atoms with Gasteiger partial charge in [0.1, 0.15) is 11.6 Å². The van der Waals surface area contributed by atoms with Gasteiger partial charge in [0.2, 0.25) is 0 Å². The molecule has 0 unspecified atom stereocenters. The number of amides is 1. The van der Waals surface area contributed by atoms with E-state index in [0.29, 0.717) is 17.9 Å². The molecule has 5 nitrogen and oxygen atoms in total. The standard InChI is InChI=1S/C28H39N3O2/c1-3-4-5-6-7-8-9-10-11-16-21-31-25-19-14-13-18-24(25)30-27(31)22-29-28(32)23-17-12-15-20-26(23)33-2/h12-15,17-20H,3-11,16,21-22H2,1-2H3,(H,29,32). The van der Waals surface area contributed by atoms with E-state index in [1.165, 1.54) is 57.8 Å². The fraction of sp³-hybridized carbons (Fsp3) is 0.500. The highest BCUT2D eigenvalue weighted by atomic mass is 16.5. The number of aryl methyl sites for hydroxylation is 1. The van der Waals surface area contributed by atoms with Crippen molar-refractivity contribution in [1.82, 2.24) is 14.9 Å². The van der Waals surface area contributed by atoms with Crippen LogP contribution >= 0.6 is 0 Å². The number of methoxy groups -OCH3 is 1. The number of para-hydroxylation sites is 3. The Kier molecular flexibility index (Phi) is 10.3. The van der Waals surface area contributed by atoms with Crippen molar-refractivity contribution < 1.29 is 9.53 Å². The summed E-state index contributed by atoms with van der Waals surface area (Å²) in [5.41, 5.74) is 2.65. The van der Waals surface area contributed by atoms with Crippen LogP contribution in [-0.4, -0.2) is 22.6 Å². The van der Waals surface area contributed by atoms with E-state index in [1.54, 1.807) is 19.2 Å². The number of rotatable bonds is 15. The van der Waals surface area contributed by atoms with E-state index < -0.39 is 0 Å². The second-order valence-corrected chi connectivity index (χ2v) is 8.73. The summed E-state index contributed by atoms with van der Waals surface area (Å²) < 4.78 is 7.59. The second-order valence-electron chi connectivity index (χ2n) is 8.73. The van der Waals surface area contributed by atoms with E-state index in [1.807, 2.05) is 24.3 Å². The number of hydrogen-bond donors (Lipinski definition) is 1.